The van der Waals surface area contributed by atoms with Gasteiger partial charge >= 0.3 is 5.97 Å². The molecule has 0 bridgehead atoms. The molecule has 3 N–H and O–H groups in total. The standard InChI is InChI=1S/C14H19N3O6S/c1-7-15-5-9(24-7)11(18)17-14(4-10(14)23-3)13(21)16-8(6-22-2)12(19)20/h5,8,10H,4,6H2,1-3H3,(H,16,21)(H,17,18)(H,19,20)/t8-,10?,14?/m0/s1. The van der Waals surface area contributed by atoms with Crippen LogP contribution in [0.15, 0.2) is 6.20 Å². The number of carboxylic acid groups (broad SMARTS) is 1. The van der Waals surface area contributed by atoms with E-state index in [1.54, 1.807) is 6.92 Å². The van der Waals surface area contributed by atoms with Gasteiger partial charge in [-0.05, 0) is 6.92 Å². The van der Waals surface area contributed by atoms with E-state index in [9.17, 15) is 14.4 Å². The van der Waals surface area contributed by atoms with Crippen LogP contribution in [0.5, 0.6) is 0 Å². The van der Waals surface area contributed by atoms with Gasteiger partial charge in [0.05, 0.1) is 23.9 Å². The summed E-state index contributed by atoms with van der Waals surface area (Å²) in [6.45, 7) is 1.58. The summed E-state index contributed by atoms with van der Waals surface area (Å²) < 4.78 is 9.96. The van der Waals surface area contributed by atoms with E-state index >= 15 is 0 Å². The van der Waals surface area contributed by atoms with Crippen molar-refractivity contribution < 1.29 is 29.0 Å². The fourth-order valence-corrected chi connectivity index (χ4v) is 2.98. The van der Waals surface area contributed by atoms with E-state index in [1.807, 2.05) is 0 Å². The molecule has 2 amide bonds. The summed E-state index contributed by atoms with van der Waals surface area (Å²) in [5, 5.41) is 14.9. The number of amides is 2. The lowest BCUT2D eigenvalue weighted by atomic mass is 10.2. The predicted octanol–water partition coefficient (Wildman–Crippen LogP) is -0.445. The smallest absolute Gasteiger partial charge is 0.328 e. The Hall–Kier alpha value is -2.04. The van der Waals surface area contributed by atoms with E-state index in [0.717, 1.165) is 5.01 Å². The van der Waals surface area contributed by atoms with E-state index in [4.69, 9.17) is 14.6 Å². The molecule has 1 saturated carbocycles. The van der Waals surface area contributed by atoms with Crippen molar-refractivity contribution in [1.29, 1.82) is 0 Å². The number of carboxylic acids is 1. The third-order valence-corrected chi connectivity index (χ3v) is 4.62. The van der Waals surface area contributed by atoms with Gasteiger partial charge in [-0.2, -0.15) is 0 Å². The Labute approximate surface area is 142 Å². The molecule has 0 saturated heterocycles. The van der Waals surface area contributed by atoms with Crippen molar-refractivity contribution in [2.24, 2.45) is 0 Å². The first-order valence-corrected chi connectivity index (χ1v) is 7.96. The summed E-state index contributed by atoms with van der Waals surface area (Å²) in [7, 11) is 2.76. The lowest BCUT2D eigenvalue weighted by molar-refractivity contribution is -0.144. The van der Waals surface area contributed by atoms with Gasteiger partial charge in [-0.3, -0.25) is 9.59 Å². The van der Waals surface area contributed by atoms with Crippen LogP contribution in [0.1, 0.15) is 21.1 Å². The summed E-state index contributed by atoms with van der Waals surface area (Å²) in [6.07, 6.45) is 1.17. The maximum atomic E-state index is 12.5. The molecule has 2 rings (SSSR count). The third kappa shape index (κ3) is 3.71. The Balaban J connectivity index is 2.11. The number of hydrogen-bond donors (Lipinski definition) is 3. The first-order chi connectivity index (χ1) is 11.3. The molecule has 1 fully saturated rings. The van der Waals surface area contributed by atoms with Crippen LogP contribution in [-0.4, -0.2) is 66.4 Å². The fraction of sp³-hybridized carbons (Fsp3) is 0.571. The average Bonchev–Trinajstić information content (AvgIpc) is 3.08. The lowest BCUT2D eigenvalue weighted by Gasteiger charge is -2.21. The van der Waals surface area contributed by atoms with E-state index in [2.05, 4.69) is 15.6 Å². The molecule has 2 unspecified atom stereocenters. The van der Waals surface area contributed by atoms with Crippen LogP contribution in [0.25, 0.3) is 0 Å². The minimum absolute atomic E-state index is 0.184. The Morgan fingerprint density at radius 2 is 2.21 bits per heavy atom. The van der Waals surface area contributed by atoms with Crippen LogP contribution in [0.2, 0.25) is 0 Å². The van der Waals surface area contributed by atoms with Crippen LogP contribution in [0, 0.1) is 6.92 Å². The summed E-state index contributed by atoms with van der Waals surface area (Å²) >= 11 is 1.20. The number of thiazole rings is 1. The number of methoxy groups -OCH3 is 2. The van der Waals surface area contributed by atoms with Gasteiger partial charge in [0.25, 0.3) is 5.91 Å². The number of nitrogens with zero attached hydrogens (tertiary/aromatic N) is 1. The van der Waals surface area contributed by atoms with Crippen molar-refractivity contribution in [3.8, 4) is 0 Å². The molecule has 0 spiro atoms. The molecule has 3 atom stereocenters. The van der Waals surface area contributed by atoms with Crippen LogP contribution in [-0.2, 0) is 19.1 Å². The highest BCUT2D eigenvalue weighted by atomic mass is 32.1. The van der Waals surface area contributed by atoms with Gasteiger partial charge in [0, 0.05) is 20.6 Å². The molecular formula is C14H19N3O6S. The van der Waals surface area contributed by atoms with Crippen LogP contribution in [0.4, 0.5) is 0 Å². The van der Waals surface area contributed by atoms with Crippen molar-refractivity contribution >= 4 is 29.1 Å². The number of nitrogens with one attached hydrogen (secondary N) is 2. The topological polar surface area (TPSA) is 127 Å². The highest BCUT2D eigenvalue weighted by Crippen LogP contribution is 2.39. The lowest BCUT2D eigenvalue weighted by Crippen LogP contribution is -2.56. The molecule has 0 aromatic carbocycles. The zero-order valence-corrected chi connectivity index (χ0v) is 14.3. The summed E-state index contributed by atoms with van der Waals surface area (Å²) in [5.74, 6) is -2.29. The molecule has 1 aromatic rings. The molecule has 1 aliphatic carbocycles. The van der Waals surface area contributed by atoms with Crippen molar-refractivity contribution in [2.45, 2.75) is 31.0 Å². The number of aryl methyl sites for hydroxylation is 1. The first kappa shape index (κ1) is 18.3. The number of aromatic nitrogens is 1. The van der Waals surface area contributed by atoms with Gasteiger partial charge < -0.3 is 25.2 Å². The number of carbonyl (C=O) groups excluding carboxylic acids is 2. The Morgan fingerprint density at radius 1 is 1.50 bits per heavy atom. The zero-order valence-electron chi connectivity index (χ0n) is 13.5. The number of ether oxygens (including phenoxy) is 2. The van der Waals surface area contributed by atoms with Crippen molar-refractivity contribution in [3.63, 3.8) is 0 Å². The fourth-order valence-electron chi connectivity index (χ4n) is 2.30. The number of hydrogen-bond acceptors (Lipinski definition) is 7. The van der Waals surface area contributed by atoms with E-state index < -0.39 is 35.5 Å². The van der Waals surface area contributed by atoms with Crippen LogP contribution in [0.3, 0.4) is 0 Å². The van der Waals surface area contributed by atoms with Gasteiger partial charge in [0.15, 0.2) is 6.04 Å². The first-order valence-electron chi connectivity index (χ1n) is 7.14. The van der Waals surface area contributed by atoms with Gasteiger partial charge in [0.1, 0.15) is 10.4 Å². The normalized spacial score (nSPS) is 23.4. The molecule has 1 aliphatic rings. The monoisotopic (exact) mass is 357 g/mol. The number of carbonyl (C=O) groups is 3. The second-order valence-electron chi connectivity index (χ2n) is 5.42. The molecule has 0 aliphatic heterocycles. The van der Waals surface area contributed by atoms with E-state index in [0.29, 0.717) is 4.88 Å². The molecule has 1 aromatic heterocycles. The molecule has 24 heavy (non-hydrogen) atoms. The molecule has 132 valence electrons. The maximum Gasteiger partial charge on any atom is 0.328 e. The van der Waals surface area contributed by atoms with Gasteiger partial charge in [-0.25, -0.2) is 9.78 Å². The van der Waals surface area contributed by atoms with E-state index in [-0.39, 0.29) is 13.0 Å². The van der Waals surface area contributed by atoms with Crippen molar-refractivity contribution in [3.05, 3.63) is 16.1 Å². The van der Waals surface area contributed by atoms with E-state index in [1.165, 1.54) is 31.8 Å². The molecule has 0 radical (unpaired) electrons. The molecule has 1 heterocycles. The third-order valence-electron chi connectivity index (χ3n) is 3.70. The zero-order chi connectivity index (χ0) is 17.9. The summed E-state index contributed by atoms with van der Waals surface area (Å²) in [4.78, 5) is 40.3. The highest BCUT2D eigenvalue weighted by Gasteiger charge is 2.62. The Morgan fingerprint density at radius 3 is 2.67 bits per heavy atom. The minimum Gasteiger partial charge on any atom is -0.480 e. The highest BCUT2D eigenvalue weighted by molar-refractivity contribution is 7.13. The quantitative estimate of drug-likeness (QED) is 0.575. The second-order valence-corrected chi connectivity index (χ2v) is 6.65. The van der Waals surface area contributed by atoms with Gasteiger partial charge in [-0.1, -0.05) is 0 Å². The predicted molar refractivity (Wildman–Crippen MR) is 83.9 cm³/mol. The van der Waals surface area contributed by atoms with Crippen LogP contribution < -0.4 is 10.6 Å². The average molecular weight is 357 g/mol. The molecule has 10 heteroatoms. The molecule has 9 nitrogen and oxygen atoms in total. The maximum absolute atomic E-state index is 12.5. The molecular weight excluding hydrogens is 338 g/mol. The number of rotatable bonds is 8. The Bertz CT molecular complexity index is 648. The number of aliphatic carboxylic acids is 1. The Kier molecular flexibility index (Phi) is 5.52. The minimum atomic E-state index is -1.29. The van der Waals surface area contributed by atoms with Gasteiger partial charge in [0.2, 0.25) is 5.91 Å². The van der Waals surface area contributed by atoms with Crippen LogP contribution >= 0.6 is 11.3 Å². The largest absolute Gasteiger partial charge is 0.480 e. The van der Waals surface area contributed by atoms with Crippen molar-refractivity contribution in [2.75, 3.05) is 20.8 Å². The summed E-state index contributed by atoms with van der Waals surface area (Å²) in [6, 6.07) is -1.21. The summed E-state index contributed by atoms with van der Waals surface area (Å²) in [5.41, 5.74) is -1.29. The second kappa shape index (κ2) is 7.24. The van der Waals surface area contributed by atoms with Crippen molar-refractivity contribution in [1.82, 2.24) is 15.6 Å². The van der Waals surface area contributed by atoms with Gasteiger partial charge in [-0.15, -0.1) is 11.3 Å². The SMILES string of the molecule is COC[C@H](NC(=O)C1(NC(=O)c2cnc(C)s2)CC1OC)C(=O)O.